The van der Waals surface area contributed by atoms with Crippen molar-refractivity contribution in [2.24, 2.45) is 17.8 Å². The summed E-state index contributed by atoms with van der Waals surface area (Å²) in [7, 11) is 0. The average molecular weight is 481 g/mol. The Bertz CT molecular complexity index is 1060. The minimum absolute atomic E-state index is 0.0237. The maximum absolute atomic E-state index is 13.9. The number of benzene rings is 1. The molecular weight excluding hydrogens is 447 g/mol. The van der Waals surface area contributed by atoms with Gasteiger partial charge < -0.3 is 9.47 Å². The van der Waals surface area contributed by atoms with Crippen molar-refractivity contribution in [1.82, 2.24) is 19.7 Å². The van der Waals surface area contributed by atoms with E-state index in [9.17, 15) is 9.18 Å². The Kier molecular flexibility index (Phi) is 5.08. The number of hydrogen-bond acceptors (Lipinski definition) is 4. The van der Waals surface area contributed by atoms with Gasteiger partial charge in [0.15, 0.2) is 5.16 Å². The molecule has 8 rings (SSSR count). The predicted molar refractivity (Wildman–Crippen MR) is 129 cm³/mol. The fourth-order valence-electron chi connectivity index (χ4n) is 7.58. The van der Waals surface area contributed by atoms with Crippen molar-refractivity contribution in [2.75, 3.05) is 5.75 Å². The molecule has 180 valence electrons. The van der Waals surface area contributed by atoms with E-state index in [-0.39, 0.29) is 17.3 Å². The number of nitrogens with zero attached hydrogens (tertiary/aromatic N) is 4. The summed E-state index contributed by atoms with van der Waals surface area (Å²) in [5.41, 5.74) is 0.997. The third kappa shape index (κ3) is 3.88. The van der Waals surface area contributed by atoms with Gasteiger partial charge in [-0.15, -0.1) is 10.2 Å². The highest BCUT2D eigenvalue weighted by molar-refractivity contribution is 7.99. The predicted octanol–water partition coefficient (Wildman–Crippen LogP) is 5.72. The fourth-order valence-corrected chi connectivity index (χ4v) is 8.46. The second-order valence-corrected chi connectivity index (χ2v) is 12.7. The van der Waals surface area contributed by atoms with Gasteiger partial charge in [0.05, 0.1) is 5.75 Å². The van der Waals surface area contributed by atoms with Crippen LogP contribution >= 0.6 is 11.8 Å². The first-order valence-electron chi connectivity index (χ1n) is 13.2. The molecule has 0 unspecified atom stereocenters. The summed E-state index contributed by atoms with van der Waals surface area (Å²) in [6.07, 6.45) is 12.3. The summed E-state index contributed by atoms with van der Waals surface area (Å²) in [6, 6.07) is 7.25. The number of aromatic nitrogens is 3. The zero-order valence-electron chi connectivity index (χ0n) is 19.7. The first kappa shape index (κ1) is 21.4. The molecule has 1 heterocycles. The SMILES string of the molecule is O=C(CSc1nnc(C2CC2)n1C1CC1)N(Cc1ccc(F)cc1)C12CC3CC(CC(C3)C1)C2. The van der Waals surface area contributed by atoms with Gasteiger partial charge in [0.2, 0.25) is 5.91 Å². The number of rotatable bonds is 8. The molecule has 1 aromatic carbocycles. The molecule has 5 nitrogen and oxygen atoms in total. The van der Waals surface area contributed by atoms with Gasteiger partial charge in [0, 0.05) is 24.0 Å². The normalized spacial score (nSPS) is 31.7. The molecule has 0 aliphatic heterocycles. The Morgan fingerprint density at radius 2 is 1.65 bits per heavy atom. The van der Waals surface area contributed by atoms with Crippen LogP contribution < -0.4 is 0 Å². The highest BCUT2D eigenvalue weighted by Gasteiger charge is 2.54. The van der Waals surface area contributed by atoms with Crippen molar-refractivity contribution in [2.45, 2.75) is 93.4 Å². The van der Waals surface area contributed by atoms with E-state index in [1.807, 2.05) is 12.1 Å². The van der Waals surface area contributed by atoms with Crippen LogP contribution in [0.5, 0.6) is 0 Å². The van der Waals surface area contributed by atoms with E-state index in [2.05, 4.69) is 19.7 Å². The van der Waals surface area contributed by atoms with E-state index < -0.39 is 0 Å². The Morgan fingerprint density at radius 3 is 2.24 bits per heavy atom. The average Bonchev–Trinajstić information content (AvgIpc) is 3.75. The third-order valence-corrected chi connectivity index (χ3v) is 9.93. The highest BCUT2D eigenvalue weighted by Crippen LogP contribution is 2.58. The Balaban J connectivity index is 1.14. The third-order valence-electron chi connectivity index (χ3n) is 9.00. The zero-order chi connectivity index (χ0) is 22.9. The Hall–Kier alpha value is -1.89. The monoisotopic (exact) mass is 480 g/mol. The van der Waals surface area contributed by atoms with Crippen LogP contribution in [0.3, 0.4) is 0 Å². The van der Waals surface area contributed by atoms with E-state index >= 15 is 0 Å². The lowest BCUT2D eigenvalue weighted by Gasteiger charge is -2.60. The van der Waals surface area contributed by atoms with Crippen LogP contribution in [0.15, 0.2) is 29.4 Å². The van der Waals surface area contributed by atoms with Crippen LogP contribution in [0, 0.1) is 23.6 Å². The lowest BCUT2D eigenvalue weighted by molar-refractivity contribution is -0.149. The molecule has 7 heteroatoms. The van der Waals surface area contributed by atoms with E-state index in [4.69, 9.17) is 0 Å². The first-order chi connectivity index (χ1) is 16.6. The molecule has 34 heavy (non-hydrogen) atoms. The zero-order valence-corrected chi connectivity index (χ0v) is 20.5. The van der Waals surface area contributed by atoms with E-state index in [0.29, 0.717) is 24.3 Å². The maximum Gasteiger partial charge on any atom is 0.233 e. The quantitative estimate of drug-likeness (QED) is 0.454. The van der Waals surface area contributed by atoms with Crippen LogP contribution in [-0.4, -0.2) is 36.9 Å². The Morgan fingerprint density at radius 1 is 1.00 bits per heavy atom. The number of carbonyl (C=O) groups excluding carboxylic acids is 1. The van der Waals surface area contributed by atoms with E-state index in [0.717, 1.165) is 53.6 Å². The van der Waals surface area contributed by atoms with Crippen LogP contribution in [-0.2, 0) is 11.3 Å². The molecule has 6 saturated carbocycles. The van der Waals surface area contributed by atoms with Crippen molar-refractivity contribution >= 4 is 17.7 Å². The minimum atomic E-state index is -0.224. The molecular formula is C27H33FN4OS. The van der Waals surface area contributed by atoms with E-state index in [1.165, 1.54) is 57.1 Å². The summed E-state index contributed by atoms with van der Waals surface area (Å²) in [4.78, 5) is 16.1. The Labute approximate surface area is 204 Å². The molecule has 0 radical (unpaired) electrons. The smallest absolute Gasteiger partial charge is 0.233 e. The lowest BCUT2D eigenvalue weighted by Crippen LogP contribution is -2.61. The summed E-state index contributed by atoms with van der Waals surface area (Å²) in [5, 5.41) is 9.97. The summed E-state index contributed by atoms with van der Waals surface area (Å²) < 4.78 is 15.9. The molecule has 6 fully saturated rings. The molecule has 4 bridgehead atoms. The molecule has 1 amide bonds. The van der Waals surface area contributed by atoms with Crippen molar-refractivity contribution in [3.05, 3.63) is 41.5 Å². The minimum Gasteiger partial charge on any atom is -0.332 e. The number of halogens is 1. The van der Waals surface area contributed by atoms with Gasteiger partial charge in [-0.3, -0.25) is 4.79 Å². The molecule has 6 aliphatic carbocycles. The molecule has 6 aliphatic rings. The summed E-state index contributed by atoms with van der Waals surface area (Å²) in [6.45, 7) is 0.578. The summed E-state index contributed by atoms with van der Waals surface area (Å²) in [5.74, 6) is 4.39. The maximum atomic E-state index is 13.9. The van der Waals surface area contributed by atoms with Crippen LogP contribution in [0.4, 0.5) is 4.39 Å². The topological polar surface area (TPSA) is 51.0 Å². The summed E-state index contributed by atoms with van der Waals surface area (Å²) >= 11 is 1.57. The fraction of sp³-hybridized carbons (Fsp3) is 0.667. The van der Waals surface area contributed by atoms with Gasteiger partial charge in [-0.1, -0.05) is 23.9 Å². The molecule has 0 N–H and O–H groups in total. The standard InChI is InChI=1S/C27H33FN4OS/c28-22-5-1-17(2-6-22)15-31(27-12-18-9-19(13-27)11-20(10-18)14-27)24(33)16-34-26-30-29-25(21-3-4-21)32(26)23-7-8-23/h1-2,5-6,18-21,23H,3-4,7-16H2. The largest absolute Gasteiger partial charge is 0.332 e. The van der Waals surface area contributed by atoms with Crippen molar-refractivity contribution in [3.63, 3.8) is 0 Å². The van der Waals surface area contributed by atoms with Crippen molar-refractivity contribution < 1.29 is 9.18 Å². The van der Waals surface area contributed by atoms with Crippen LogP contribution in [0.25, 0.3) is 0 Å². The van der Waals surface area contributed by atoms with Gasteiger partial charge in [0.25, 0.3) is 0 Å². The van der Waals surface area contributed by atoms with Gasteiger partial charge in [-0.2, -0.15) is 0 Å². The molecule has 0 spiro atoms. The van der Waals surface area contributed by atoms with Crippen LogP contribution in [0.2, 0.25) is 0 Å². The molecule has 2 aromatic rings. The second kappa shape index (κ2) is 8.07. The second-order valence-electron chi connectivity index (χ2n) is 11.8. The number of thioether (sulfide) groups is 1. The molecule has 0 atom stereocenters. The lowest BCUT2D eigenvalue weighted by atomic mass is 9.52. The van der Waals surface area contributed by atoms with E-state index in [1.54, 1.807) is 11.8 Å². The molecule has 0 saturated heterocycles. The van der Waals surface area contributed by atoms with Gasteiger partial charge in [0.1, 0.15) is 11.6 Å². The van der Waals surface area contributed by atoms with Crippen molar-refractivity contribution in [1.29, 1.82) is 0 Å². The number of carbonyl (C=O) groups is 1. The molecule has 1 aromatic heterocycles. The first-order valence-corrected chi connectivity index (χ1v) is 14.2. The highest BCUT2D eigenvalue weighted by atomic mass is 32.2. The number of amides is 1. The van der Waals surface area contributed by atoms with Gasteiger partial charge in [-0.25, -0.2) is 4.39 Å². The number of hydrogen-bond donors (Lipinski definition) is 0. The van der Waals surface area contributed by atoms with Gasteiger partial charge in [-0.05, 0) is 99.7 Å². The van der Waals surface area contributed by atoms with Crippen molar-refractivity contribution in [3.8, 4) is 0 Å². The van der Waals surface area contributed by atoms with Crippen LogP contribution in [0.1, 0.15) is 87.6 Å². The van der Waals surface area contributed by atoms with Gasteiger partial charge >= 0.3 is 0 Å².